The summed E-state index contributed by atoms with van der Waals surface area (Å²) < 4.78 is 2.23. The fourth-order valence-corrected chi connectivity index (χ4v) is 2.87. The molecule has 0 aliphatic heterocycles. The lowest BCUT2D eigenvalue weighted by molar-refractivity contribution is 0.511. The second-order valence-corrected chi connectivity index (χ2v) is 7.30. The molecule has 0 aliphatic rings. The quantitative estimate of drug-likeness (QED) is 0.556. The fraction of sp³-hybridized carbons (Fsp3) is 0.238. The van der Waals surface area contributed by atoms with E-state index in [0.717, 1.165) is 29.2 Å². The van der Waals surface area contributed by atoms with Gasteiger partial charge in [-0.3, -0.25) is 5.41 Å². The molecule has 3 aromatic rings. The minimum atomic E-state index is -0.0493. The number of amidine groups is 1. The van der Waals surface area contributed by atoms with E-state index in [0.29, 0.717) is 0 Å². The summed E-state index contributed by atoms with van der Waals surface area (Å²) in [5.41, 5.74) is 9.44. The topological polar surface area (TPSA) is 67.7 Å². The maximum atomic E-state index is 7.51. The van der Waals surface area contributed by atoms with Gasteiger partial charge in [-0.05, 0) is 5.56 Å². The molecular formula is C21H24N4. The third-order valence-electron chi connectivity index (χ3n) is 4.13. The molecule has 2 aromatic carbocycles. The minimum absolute atomic E-state index is 0.0493. The van der Waals surface area contributed by atoms with Crippen LogP contribution in [0.2, 0.25) is 0 Å². The van der Waals surface area contributed by atoms with Crippen molar-refractivity contribution in [3.63, 3.8) is 0 Å². The maximum absolute atomic E-state index is 7.51. The van der Waals surface area contributed by atoms with Gasteiger partial charge in [-0.1, -0.05) is 75.4 Å². The van der Waals surface area contributed by atoms with E-state index >= 15 is 0 Å². The molecule has 128 valence electrons. The molecule has 1 heterocycles. The summed E-state index contributed by atoms with van der Waals surface area (Å²) in [5.74, 6) is 1.14. The van der Waals surface area contributed by atoms with Crippen molar-refractivity contribution < 1.29 is 0 Å². The number of aromatic nitrogens is 2. The molecule has 3 N–H and O–H groups in total. The van der Waals surface area contributed by atoms with Gasteiger partial charge in [-0.15, -0.1) is 0 Å². The molecule has 0 radical (unpaired) electrons. The SMILES string of the molecule is CC(C)(C)c1nc(-c2ccc(C(=N)N)cc2)cn1Cc1ccccc1. The molecule has 0 aliphatic carbocycles. The van der Waals surface area contributed by atoms with Crippen molar-refractivity contribution in [2.24, 2.45) is 5.73 Å². The fourth-order valence-electron chi connectivity index (χ4n) is 2.87. The molecule has 4 heteroatoms. The van der Waals surface area contributed by atoms with Gasteiger partial charge in [0, 0.05) is 29.3 Å². The highest BCUT2D eigenvalue weighted by Crippen LogP contribution is 2.27. The van der Waals surface area contributed by atoms with Crippen molar-refractivity contribution in [1.29, 1.82) is 5.41 Å². The van der Waals surface area contributed by atoms with E-state index in [1.54, 1.807) is 0 Å². The number of rotatable bonds is 4. The maximum Gasteiger partial charge on any atom is 0.122 e. The molecule has 0 unspecified atom stereocenters. The van der Waals surface area contributed by atoms with Crippen molar-refractivity contribution >= 4 is 5.84 Å². The van der Waals surface area contributed by atoms with Gasteiger partial charge >= 0.3 is 0 Å². The van der Waals surface area contributed by atoms with Crippen LogP contribution in [0.15, 0.2) is 60.8 Å². The zero-order chi connectivity index (χ0) is 18.0. The summed E-state index contributed by atoms with van der Waals surface area (Å²) >= 11 is 0. The van der Waals surface area contributed by atoms with Crippen molar-refractivity contribution in [3.05, 3.63) is 77.7 Å². The lowest BCUT2D eigenvalue weighted by Crippen LogP contribution is -2.19. The second kappa shape index (κ2) is 6.55. The highest BCUT2D eigenvalue weighted by Gasteiger charge is 2.22. The summed E-state index contributed by atoms with van der Waals surface area (Å²) in [4.78, 5) is 4.90. The number of nitrogens with one attached hydrogen (secondary N) is 1. The van der Waals surface area contributed by atoms with Crippen LogP contribution in [0.3, 0.4) is 0 Å². The van der Waals surface area contributed by atoms with E-state index in [1.807, 2.05) is 30.3 Å². The first-order chi connectivity index (χ1) is 11.8. The minimum Gasteiger partial charge on any atom is -0.384 e. The molecule has 0 spiro atoms. The first-order valence-electron chi connectivity index (χ1n) is 8.41. The van der Waals surface area contributed by atoms with Crippen LogP contribution in [0.5, 0.6) is 0 Å². The van der Waals surface area contributed by atoms with E-state index < -0.39 is 0 Å². The van der Waals surface area contributed by atoms with Crippen molar-refractivity contribution in [1.82, 2.24) is 9.55 Å². The van der Waals surface area contributed by atoms with Gasteiger partial charge < -0.3 is 10.3 Å². The van der Waals surface area contributed by atoms with E-state index in [1.165, 1.54) is 5.56 Å². The number of benzene rings is 2. The van der Waals surface area contributed by atoms with Gasteiger partial charge in [0.1, 0.15) is 11.7 Å². The van der Waals surface area contributed by atoms with Gasteiger partial charge in [0.05, 0.1) is 5.69 Å². The Kier molecular flexibility index (Phi) is 4.45. The smallest absolute Gasteiger partial charge is 0.122 e. The van der Waals surface area contributed by atoms with Gasteiger partial charge in [-0.2, -0.15) is 0 Å². The van der Waals surface area contributed by atoms with E-state index in [9.17, 15) is 0 Å². The predicted molar refractivity (Wildman–Crippen MR) is 103 cm³/mol. The molecule has 3 rings (SSSR count). The zero-order valence-corrected chi connectivity index (χ0v) is 15.0. The number of hydrogen-bond donors (Lipinski definition) is 2. The molecule has 0 atom stereocenters. The lowest BCUT2D eigenvalue weighted by atomic mass is 9.95. The third kappa shape index (κ3) is 3.79. The van der Waals surface area contributed by atoms with Crippen molar-refractivity contribution in [2.75, 3.05) is 0 Å². The van der Waals surface area contributed by atoms with Crippen LogP contribution in [-0.2, 0) is 12.0 Å². The molecular weight excluding hydrogens is 308 g/mol. The number of nitrogens with two attached hydrogens (primary N) is 1. The van der Waals surface area contributed by atoms with E-state index in [-0.39, 0.29) is 11.3 Å². The molecule has 4 nitrogen and oxygen atoms in total. The molecule has 0 fully saturated rings. The Balaban J connectivity index is 1.99. The first-order valence-corrected chi connectivity index (χ1v) is 8.41. The first kappa shape index (κ1) is 17.0. The van der Waals surface area contributed by atoms with Crippen LogP contribution >= 0.6 is 0 Å². The van der Waals surface area contributed by atoms with Crippen LogP contribution < -0.4 is 5.73 Å². The lowest BCUT2D eigenvalue weighted by Gasteiger charge is -2.19. The van der Waals surface area contributed by atoms with Crippen LogP contribution in [0.4, 0.5) is 0 Å². The second-order valence-electron chi connectivity index (χ2n) is 7.30. The third-order valence-corrected chi connectivity index (χ3v) is 4.13. The molecule has 25 heavy (non-hydrogen) atoms. The predicted octanol–water partition coefficient (Wildman–Crippen LogP) is 4.18. The Morgan fingerprint density at radius 1 is 1.04 bits per heavy atom. The van der Waals surface area contributed by atoms with Crippen LogP contribution in [0.1, 0.15) is 37.7 Å². The van der Waals surface area contributed by atoms with Crippen LogP contribution in [0, 0.1) is 5.41 Å². The van der Waals surface area contributed by atoms with Gasteiger partial charge in [0.2, 0.25) is 0 Å². The van der Waals surface area contributed by atoms with Gasteiger partial charge in [0.15, 0.2) is 0 Å². The van der Waals surface area contributed by atoms with E-state index in [2.05, 4.69) is 55.8 Å². The van der Waals surface area contributed by atoms with Crippen LogP contribution in [0.25, 0.3) is 11.3 Å². The standard InChI is InChI=1S/C21H24N4/c1-21(2,3)20-24-18(16-9-11-17(12-10-16)19(22)23)14-25(20)13-15-7-5-4-6-8-15/h4-12,14H,13H2,1-3H3,(H3,22,23). The molecule has 0 bridgehead atoms. The highest BCUT2D eigenvalue weighted by atomic mass is 15.1. The van der Waals surface area contributed by atoms with Gasteiger partial charge in [0.25, 0.3) is 0 Å². The molecule has 0 saturated heterocycles. The monoisotopic (exact) mass is 332 g/mol. The average Bonchev–Trinajstić information content (AvgIpc) is 3.00. The molecule has 0 saturated carbocycles. The number of nitrogens with zero attached hydrogens (tertiary/aromatic N) is 2. The Morgan fingerprint density at radius 2 is 1.68 bits per heavy atom. The van der Waals surface area contributed by atoms with Crippen molar-refractivity contribution in [3.8, 4) is 11.3 Å². The largest absolute Gasteiger partial charge is 0.384 e. The highest BCUT2D eigenvalue weighted by molar-refractivity contribution is 5.95. The number of hydrogen-bond acceptors (Lipinski definition) is 2. The summed E-state index contributed by atoms with van der Waals surface area (Å²) in [6.07, 6.45) is 2.11. The summed E-state index contributed by atoms with van der Waals surface area (Å²) in [5, 5.41) is 7.51. The zero-order valence-electron chi connectivity index (χ0n) is 15.0. The molecule has 1 aromatic heterocycles. The Morgan fingerprint density at radius 3 is 2.24 bits per heavy atom. The van der Waals surface area contributed by atoms with Crippen molar-refractivity contribution in [2.45, 2.75) is 32.7 Å². The average molecular weight is 332 g/mol. The van der Waals surface area contributed by atoms with Gasteiger partial charge in [-0.25, -0.2) is 4.98 Å². The normalized spacial score (nSPS) is 11.5. The number of nitrogen functional groups attached to an aromatic ring is 1. The summed E-state index contributed by atoms with van der Waals surface area (Å²) in [6, 6.07) is 18.1. The Bertz CT molecular complexity index is 869. The molecule has 0 amide bonds. The van der Waals surface area contributed by atoms with Crippen LogP contribution in [-0.4, -0.2) is 15.4 Å². The summed E-state index contributed by atoms with van der Waals surface area (Å²) in [6.45, 7) is 7.34. The number of imidazole rings is 1. The Hall–Kier alpha value is -2.88. The summed E-state index contributed by atoms with van der Waals surface area (Å²) in [7, 11) is 0. The van der Waals surface area contributed by atoms with E-state index in [4.69, 9.17) is 16.1 Å². The Labute approximate surface area is 148 Å².